The van der Waals surface area contributed by atoms with Gasteiger partial charge in [-0.3, -0.25) is 9.48 Å². The summed E-state index contributed by atoms with van der Waals surface area (Å²) in [6.45, 7) is 7.43. The number of carbonyl (C=O) groups is 1. The fourth-order valence-corrected chi connectivity index (χ4v) is 3.82. The van der Waals surface area contributed by atoms with Gasteiger partial charge in [0.15, 0.2) is 0 Å². The average molecular weight is 368 g/mol. The van der Waals surface area contributed by atoms with Gasteiger partial charge in [0.1, 0.15) is 5.82 Å². The Hall–Kier alpha value is -2.63. The normalized spacial score (nSPS) is 16.2. The molecule has 0 bridgehead atoms. The third-order valence-electron chi connectivity index (χ3n) is 5.32. The van der Waals surface area contributed by atoms with Crippen LogP contribution in [0.25, 0.3) is 22.0 Å². The minimum Gasteiger partial charge on any atom is -0.360 e. The summed E-state index contributed by atoms with van der Waals surface area (Å²) in [4.78, 5) is 17.5. The lowest BCUT2D eigenvalue weighted by Crippen LogP contribution is -2.44. The van der Waals surface area contributed by atoms with Gasteiger partial charge >= 0.3 is 0 Å². The van der Waals surface area contributed by atoms with Crippen molar-refractivity contribution in [3.8, 4) is 11.1 Å². The zero-order valence-corrected chi connectivity index (χ0v) is 16.0. The van der Waals surface area contributed by atoms with E-state index in [9.17, 15) is 9.18 Å². The Morgan fingerprint density at radius 2 is 2.00 bits per heavy atom. The number of hydrogen-bond acceptors (Lipinski definition) is 2. The standard InChI is InChI=1S/C21H25FN4O/c1-21(2,3)20(27)25-8-6-16(7-9-25)26-13-14(11-24-26)18-12-23-19-10-15(22)4-5-17(18)19/h4-5,10-13,16,23H,6-9H2,1-3H3. The summed E-state index contributed by atoms with van der Waals surface area (Å²) in [6, 6.07) is 5.08. The van der Waals surface area contributed by atoms with Crippen molar-refractivity contribution in [2.24, 2.45) is 5.41 Å². The van der Waals surface area contributed by atoms with Crippen LogP contribution in [0.4, 0.5) is 4.39 Å². The maximum Gasteiger partial charge on any atom is 0.227 e. The lowest BCUT2D eigenvalue weighted by atomic mass is 9.93. The number of nitrogens with zero attached hydrogens (tertiary/aromatic N) is 3. The number of piperidine rings is 1. The van der Waals surface area contributed by atoms with E-state index in [1.165, 1.54) is 12.1 Å². The zero-order chi connectivity index (χ0) is 19.2. The van der Waals surface area contributed by atoms with Crippen LogP contribution in [0.1, 0.15) is 39.7 Å². The molecule has 1 saturated heterocycles. The third-order valence-corrected chi connectivity index (χ3v) is 5.32. The molecule has 0 unspecified atom stereocenters. The Bertz CT molecular complexity index is 974. The average Bonchev–Trinajstić information content (AvgIpc) is 3.26. The molecule has 1 aliphatic heterocycles. The Balaban J connectivity index is 1.50. The topological polar surface area (TPSA) is 53.9 Å². The first kappa shape index (κ1) is 17.8. The highest BCUT2D eigenvalue weighted by Crippen LogP contribution is 2.31. The van der Waals surface area contributed by atoms with E-state index < -0.39 is 0 Å². The van der Waals surface area contributed by atoms with Crippen LogP contribution in [-0.2, 0) is 4.79 Å². The van der Waals surface area contributed by atoms with Gasteiger partial charge in [0.2, 0.25) is 5.91 Å². The van der Waals surface area contributed by atoms with Gasteiger partial charge in [-0.1, -0.05) is 20.8 Å². The number of hydrogen-bond donors (Lipinski definition) is 1. The highest BCUT2D eigenvalue weighted by atomic mass is 19.1. The highest BCUT2D eigenvalue weighted by molar-refractivity contribution is 5.95. The maximum absolute atomic E-state index is 13.4. The number of benzene rings is 1. The molecule has 142 valence electrons. The molecule has 1 N–H and O–H groups in total. The van der Waals surface area contributed by atoms with E-state index in [1.54, 1.807) is 6.07 Å². The molecule has 4 rings (SSSR count). The summed E-state index contributed by atoms with van der Waals surface area (Å²) >= 11 is 0. The molecule has 6 heteroatoms. The van der Waals surface area contributed by atoms with Crippen molar-refractivity contribution >= 4 is 16.8 Å². The Morgan fingerprint density at radius 1 is 1.26 bits per heavy atom. The van der Waals surface area contributed by atoms with Crippen molar-refractivity contribution < 1.29 is 9.18 Å². The molecule has 0 aliphatic carbocycles. The lowest BCUT2D eigenvalue weighted by molar-refractivity contribution is -0.140. The molecule has 1 aliphatic rings. The smallest absolute Gasteiger partial charge is 0.227 e. The molecule has 0 spiro atoms. The van der Waals surface area contributed by atoms with E-state index in [2.05, 4.69) is 16.3 Å². The van der Waals surface area contributed by atoms with Crippen LogP contribution >= 0.6 is 0 Å². The van der Waals surface area contributed by atoms with Crippen LogP contribution in [0.3, 0.4) is 0 Å². The third kappa shape index (κ3) is 3.36. The molecule has 1 aromatic carbocycles. The predicted octanol–water partition coefficient (Wildman–Crippen LogP) is 4.38. The Kier molecular flexibility index (Phi) is 4.29. The largest absolute Gasteiger partial charge is 0.360 e. The van der Waals surface area contributed by atoms with Gasteiger partial charge in [-0.2, -0.15) is 5.10 Å². The fourth-order valence-electron chi connectivity index (χ4n) is 3.82. The van der Waals surface area contributed by atoms with Crippen molar-refractivity contribution in [3.63, 3.8) is 0 Å². The minimum absolute atomic E-state index is 0.216. The molecule has 0 radical (unpaired) electrons. The number of rotatable bonds is 2. The van der Waals surface area contributed by atoms with Gasteiger partial charge in [0.05, 0.1) is 12.2 Å². The summed E-state index contributed by atoms with van der Waals surface area (Å²) in [5.74, 6) is -0.0312. The van der Waals surface area contributed by atoms with E-state index in [4.69, 9.17) is 0 Å². The molecular weight excluding hydrogens is 343 g/mol. The molecule has 1 fully saturated rings. The molecular formula is C21H25FN4O. The number of amides is 1. The number of aromatic nitrogens is 3. The van der Waals surface area contributed by atoms with Crippen molar-refractivity contribution in [3.05, 3.63) is 42.6 Å². The number of aromatic amines is 1. The number of nitrogens with one attached hydrogen (secondary N) is 1. The van der Waals surface area contributed by atoms with Crippen LogP contribution in [-0.4, -0.2) is 38.7 Å². The van der Waals surface area contributed by atoms with Crippen LogP contribution in [0, 0.1) is 11.2 Å². The van der Waals surface area contributed by atoms with Crippen molar-refractivity contribution in [2.45, 2.75) is 39.7 Å². The molecule has 1 amide bonds. The number of likely N-dealkylation sites (tertiary alicyclic amines) is 1. The summed E-state index contributed by atoms with van der Waals surface area (Å²) in [7, 11) is 0. The van der Waals surface area contributed by atoms with Crippen molar-refractivity contribution in [2.75, 3.05) is 13.1 Å². The Labute approximate surface area is 158 Å². The summed E-state index contributed by atoms with van der Waals surface area (Å²) in [6.07, 6.45) is 7.62. The molecule has 2 aromatic heterocycles. The second-order valence-corrected chi connectivity index (χ2v) is 8.37. The van der Waals surface area contributed by atoms with Gasteiger partial charge in [0.25, 0.3) is 0 Å². The SMILES string of the molecule is CC(C)(C)C(=O)N1CCC(n2cc(-c3c[nH]c4cc(F)ccc34)cn2)CC1. The second kappa shape index (κ2) is 6.51. The van der Waals surface area contributed by atoms with E-state index in [0.717, 1.165) is 48.0 Å². The van der Waals surface area contributed by atoms with Crippen LogP contribution in [0.5, 0.6) is 0 Å². The summed E-state index contributed by atoms with van der Waals surface area (Å²) < 4.78 is 15.4. The Morgan fingerprint density at radius 3 is 2.70 bits per heavy atom. The quantitative estimate of drug-likeness (QED) is 0.730. The summed E-state index contributed by atoms with van der Waals surface area (Å²) in [5, 5.41) is 5.55. The van der Waals surface area contributed by atoms with E-state index in [1.807, 2.05) is 42.7 Å². The van der Waals surface area contributed by atoms with E-state index in [0.29, 0.717) is 6.04 Å². The van der Waals surface area contributed by atoms with Gasteiger partial charge in [-0.05, 0) is 31.0 Å². The number of H-pyrrole nitrogens is 1. The first-order chi connectivity index (χ1) is 12.8. The maximum atomic E-state index is 13.4. The predicted molar refractivity (Wildman–Crippen MR) is 104 cm³/mol. The second-order valence-electron chi connectivity index (χ2n) is 8.37. The van der Waals surface area contributed by atoms with Crippen LogP contribution in [0.15, 0.2) is 36.8 Å². The van der Waals surface area contributed by atoms with E-state index >= 15 is 0 Å². The molecule has 0 atom stereocenters. The molecule has 27 heavy (non-hydrogen) atoms. The number of fused-ring (bicyclic) bond motifs is 1. The van der Waals surface area contributed by atoms with Gasteiger partial charge in [-0.15, -0.1) is 0 Å². The van der Waals surface area contributed by atoms with Gasteiger partial charge in [-0.25, -0.2) is 4.39 Å². The summed E-state index contributed by atoms with van der Waals surface area (Å²) in [5.41, 5.74) is 2.49. The number of carbonyl (C=O) groups excluding carboxylic acids is 1. The van der Waals surface area contributed by atoms with E-state index in [-0.39, 0.29) is 17.1 Å². The van der Waals surface area contributed by atoms with Crippen LogP contribution in [0.2, 0.25) is 0 Å². The monoisotopic (exact) mass is 368 g/mol. The molecule has 3 heterocycles. The first-order valence-electron chi connectivity index (χ1n) is 9.43. The zero-order valence-electron chi connectivity index (χ0n) is 16.0. The lowest BCUT2D eigenvalue weighted by Gasteiger charge is -2.35. The molecule has 3 aromatic rings. The van der Waals surface area contributed by atoms with Gasteiger partial charge in [0, 0.05) is 52.9 Å². The highest BCUT2D eigenvalue weighted by Gasteiger charge is 2.31. The van der Waals surface area contributed by atoms with Crippen molar-refractivity contribution in [1.82, 2.24) is 19.7 Å². The van der Waals surface area contributed by atoms with Crippen LogP contribution < -0.4 is 0 Å². The fraction of sp³-hybridized carbons (Fsp3) is 0.429. The minimum atomic E-state index is -0.333. The molecule has 0 saturated carbocycles. The van der Waals surface area contributed by atoms with Crippen molar-refractivity contribution in [1.29, 1.82) is 0 Å². The first-order valence-corrected chi connectivity index (χ1v) is 9.43. The molecule has 5 nitrogen and oxygen atoms in total. The van der Waals surface area contributed by atoms with Gasteiger partial charge < -0.3 is 9.88 Å². The number of halogens is 1.